The normalized spacial score (nSPS) is 10.6. The SMILES string of the molecule is Cn1ccc(-c2nnc(NC(=O)c3cccc(Br)c3)o2)n1. The van der Waals surface area contributed by atoms with E-state index in [1.807, 2.05) is 6.07 Å². The van der Waals surface area contributed by atoms with Crippen LogP contribution in [-0.4, -0.2) is 25.9 Å². The van der Waals surface area contributed by atoms with Crippen molar-refractivity contribution < 1.29 is 9.21 Å². The Balaban J connectivity index is 1.77. The van der Waals surface area contributed by atoms with Gasteiger partial charge in [-0.1, -0.05) is 27.1 Å². The zero-order valence-electron chi connectivity index (χ0n) is 10.9. The smallest absolute Gasteiger partial charge is 0.322 e. The van der Waals surface area contributed by atoms with E-state index >= 15 is 0 Å². The number of carbonyl (C=O) groups is 1. The zero-order valence-corrected chi connectivity index (χ0v) is 12.5. The van der Waals surface area contributed by atoms with Gasteiger partial charge >= 0.3 is 6.01 Å². The minimum atomic E-state index is -0.326. The number of carbonyl (C=O) groups excluding carboxylic acids is 1. The van der Waals surface area contributed by atoms with Crippen LogP contribution in [0, 0.1) is 0 Å². The Bertz CT molecular complexity index is 795. The highest BCUT2D eigenvalue weighted by atomic mass is 79.9. The van der Waals surface area contributed by atoms with Gasteiger partial charge in [0.05, 0.1) is 0 Å². The summed E-state index contributed by atoms with van der Waals surface area (Å²) in [6.45, 7) is 0. The highest BCUT2D eigenvalue weighted by Crippen LogP contribution is 2.18. The summed E-state index contributed by atoms with van der Waals surface area (Å²) in [5.74, 6) is -0.0762. The molecule has 0 saturated heterocycles. The van der Waals surface area contributed by atoms with Crippen LogP contribution in [0.2, 0.25) is 0 Å². The minimum Gasteiger partial charge on any atom is -0.401 e. The number of aromatic nitrogens is 4. The Kier molecular flexibility index (Phi) is 3.53. The number of hydrogen-bond donors (Lipinski definition) is 1. The summed E-state index contributed by atoms with van der Waals surface area (Å²) in [5, 5.41) is 14.3. The molecule has 3 rings (SSSR count). The topological polar surface area (TPSA) is 85.8 Å². The summed E-state index contributed by atoms with van der Waals surface area (Å²) >= 11 is 3.31. The lowest BCUT2D eigenvalue weighted by Crippen LogP contribution is -2.11. The number of rotatable bonds is 3. The molecule has 7 nitrogen and oxygen atoms in total. The maximum atomic E-state index is 12.0. The van der Waals surface area contributed by atoms with Crippen molar-refractivity contribution in [3.05, 3.63) is 46.6 Å². The standard InChI is InChI=1S/C13H10BrN5O2/c1-19-6-5-10(18-19)12-16-17-13(21-12)15-11(20)8-3-2-4-9(14)7-8/h2-7H,1H3,(H,15,17,20). The first kappa shape index (κ1) is 13.5. The molecule has 2 aromatic heterocycles. The van der Waals surface area contributed by atoms with Crippen molar-refractivity contribution in [2.75, 3.05) is 5.32 Å². The lowest BCUT2D eigenvalue weighted by molar-refractivity contribution is 0.102. The monoisotopic (exact) mass is 347 g/mol. The Morgan fingerprint density at radius 3 is 2.90 bits per heavy atom. The molecule has 0 bridgehead atoms. The number of benzene rings is 1. The molecule has 1 amide bonds. The molecule has 0 spiro atoms. The lowest BCUT2D eigenvalue weighted by atomic mass is 10.2. The minimum absolute atomic E-state index is 0.0284. The van der Waals surface area contributed by atoms with Crippen molar-refractivity contribution in [1.29, 1.82) is 0 Å². The van der Waals surface area contributed by atoms with Crippen molar-refractivity contribution >= 4 is 27.9 Å². The van der Waals surface area contributed by atoms with Crippen LogP contribution < -0.4 is 5.32 Å². The van der Waals surface area contributed by atoms with Crippen LogP contribution in [-0.2, 0) is 7.05 Å². The van der Waals surface area contributed by atoms with Gasteiger partial charge in [-0.25, -0.2) is 0 Å². The van der Waals surface area contributed by atoms with Gasteiger partial charge < -0.3 is 4.42 Å². The second kappa shape index (κ2) is 5.49. The first-order chi connectivity index (χ1) is 10.1. The van der Waals surface area contributed by atoms with E-state index in [-0.39, 0.29) is 17.8 Å². The van der Waals surface area contributed by atoms with Gasteiger partial charge in [-0.2, -0.15) is 5.10 Å². The molecule has 0 radical (unpaired) electrons. The fraction of sp³-hybridized carbons (Fsp3) is 0.0769. The van der Waals surface area contributed by atoms with E-state index in [0.29, 0.717) is 11.3 Å². The van der Waals surface area contributed by atoms with Crippen LogP contribution in [0.15, 0.2) is 45.4 Å². The number of aryl methyl sites for hydroxylation is 1. The molecule has 0 aliphatic rings. The van der Waals surface area contributed by atoms with Crippen LogP contribution in [0.4, 0.5) is 6.01 Å². The first-order valence-electron chi connectivity index (χ1n) is 6.02. The van der Waals surface area contributed by atoms with Crippen molar-refractivity contribution in [2.45, 2.75) is 0 Å². The van der Waals surface area contributed by atoms with E-state index in [9.17, 15) is 4.79 Å². The van der Waals surface area contributed by atoms with E-state index < -0.39 is 0 Å². The highest BCUT2D eigenvalue weighted by molar-refractivity contribution is 9.10. The van der Waals surface area contributed by atoms with Gasteiger partial charge in [-0.15, -0.1) is 5.10 Å². The third kappa shape index (κ3) is 3.00. The fourth-order valence-corrected chi connectivity index (χ4v) is 2.10. The van der Waals surface area contributed by atoms with Crippen LogP contribution in [0.1, 0.15) is 10.4 Å². The van der Waals surface area contributed by atoms with E-state index in [1.54, 1.807) is 42.2 Å². The number of nitrogens with one attached hydrogen (secondary N) is 1. The summed E-state index contributed by atoms with van der Waals surface area (Å²) in [7, 11) is 1.79. The predicted octanol–water partition coefficient (Wildman–Crippen LogP) is 2.48. The third-order valence-electron chi connectivity index (χ3n) is 2.67. The molecule has 21 heavy (non-hydrogen) atoms. The molecule has 106 valence electrons. The molecule has 3 aromatic rings. The van der Waals surface area contributed by atoms with Crippen LogP contribution in [0.5, 0.6) is 0 Å². The van der Waals surface area contributed by atoms with Crippen molar-refractivity contribution in [3.8, 4) is 11.6 Å². The summed E-state index contributed by atoms with van der Waals surface area (Å²) < 4.78 is 7.80. The molecule has 0 unspecified atom stereocenters. The fourth-order valence-electron chi connectivity index (χ4n) is 1.71. The largest absolute Gasteiger partial charge is 0.401 e. The Morgan fingerprint density at radius 2 is 2.19 bits per heavy atom. The molecule has 0 saturated carbocycles. The second-order valence-electron chi connectivity index (χ2n) is 4.25. The lowest BCUT2D eigenvalue weighted by Gasteiger charge is -2.00. The van der Waals surface area contributed by atoms with Gasteiger partial charge in [0.15, 0.2) is 0 Å². The Labute approximate surface area is 128 Å². The van der Waals surface area contributed by atoms with Crippen molar-refractivity contribution in [3.63, 3.8) is 0 Å². The maximum absolute atomic E-state index is 12.0. The molecule has 0 aliphatic heterocycles. The Morgan fingerprint density at radius 1 is 1.33 bits per heavy atom. The molecule has 2 heterocycles. The first-order valence-corrected chi connectivity index (χ1v) is 6.81. The highest BCUT2D eigenvalue weighted by Gasteiger charge is 2.14. The molecule has 1 N–H and O–H groups in total. The number of amides is 1. The molecule has 0 atom stereocenters. The van der Waals surface area contributed by atoms with E-state index in [1.165, 1.54) is 0 Å². The average molecular weight is 348 g/mol. The van der Waals surface area contributed by atoms with Crippen molar-refractivity contribution in [1.82, 2.24) is 20.0 Å². The van der Waals surface area contributed by atoms with E-state index in [4.69, 9.17) is 4.42 Å². The quantitative estimate of drug-likeness (QED) is 0.786. The van der Waals surface area contributed by atoms with Crippen LogP contribution >= 0.6 is 15.9 Å². The summed E-state index contributed by atoms with van der Waals surface area (Å²) in [4.78, 5) is 12.0. The van der Waals surface area contributed by atoms with Crippen LogP contribution in [0.3, 0.4) is 0 Å². The summed E-state index contributed by atoms with van der Waals surface area (Å²) in [6, 6.07) is 8.77. The van der Waals surface area contributed by atoms with Gasteiger partial charge in [-0.05, 0) is 24.3 Å². The number of anilines is 1. The molecule has 0 fully saturated rings. The predicted molar refractivity (Wildman–Crippen MR) is 78.6 cm³/mol. The van der Waals surface area contributed by atoms with E-state index in [2.05, 4.69) is 36.5 Å². The number of hydrogen-bond acceptors (Lipinski definition) is 5. The number of nitrogens with zero attached hydrogens (tertiary/aromatic N) is 4. The molecular formula is C13H10BrN5O2. The van der Waals surface area contributed by atoms with Crippen molar-refractivity contribution in [2.24, 2.45) is 7.05 Å². The number of halogens is 1. The van der Waals surface area contributed by atoms with Gasteiger partial charge in [0.25, 0.3) is 11.8 Å². The summed E-state index contributed by atoms with van der Waals surface area (Å²) in [6.07, 6.45) is 1.76. The molecule has 1 aromatic carbocycles. The van der Waals surface area contributed by atoms with Gasteiger partial charge in [0.2, 0.25) is 0 Å². The molecular weight excluding hydrogens is 338 g/mol. The maximum Gasteiger partial charge on any atom is 0.322 e. The Hall–Kier alpha value is -2.48. The molecule has 8 heteroatoms. The van der Waals surface area contributed by atoms with Gasteiger partial charge in [-0.3, -0.25) is 14.8 Å². The van der Waals surface area contributed by atoms with Gasteiger partial charge in [0.1, 0.15) is 5.69 Å². The average Bonchev–Trinajstić information content (AvgIpc) is 3.07. The molecule has 0 aliphatic carbocycles. The zero-order chi connectivity index (χ0) is 14.8. The van der Waals surface area contributed by atoms with Gasteiger partial charge in [0, 0.05) is 23.3 Å². The summed E-state index contributed by atoms with van der Waals surface area (Å²) in [5.41, 5.74) is 1.04. The van der Waals surface area contributed by atoms with E-state index in [0.717, 1.165) is 4.47 Å². The van der Waals surface area contributed by atoms with Crippen LogP contribution in [0.25, 0.3) is 11.6 Å². The second-order valence-corrected chi connectivity index (χ2v) is 5.17. The third-order valence-corrected chi connectivity index (χ3v) is 3.16.